The first kappa shape index (κ1) is 17.8. The first-order valence-electron chi connectivity index (χ1n) is 7.67. The molecule has 1 saturated heterocycles. The highest BCUT2D eigenvalue weighted by molar-refractivity contribution is 5.92. The van der Waals surface area contributed by atoms with Gasteiger partial charge in [0.25, 0.3) is 0 Å². The van der Waals surface area contributed by atoms with Crippen LogP contribution in [0.3, 0.4) is 0 Å². The van der Waals surface area contributed by atoms with Crippen LogP contribution in [0.5, 0.6) is 0 Å². The Balaban J connectivity index is 1.63. The second-order valence-electron chi connectivity index (χ2n) is 5.65. The number of ether oxygens (including phenoxy) is 2. The van der Waals surface area contributed by atoms with Crippen LogP contribution in [-0.2, 0) is 14.3 Å². The molecule has 0 aromatic heterocycles. The van der Waals surface area contributed by atoms with Gasteiger partial charge in [0.1, 0.15) is 11.6 Å². The fourth-order valence-electron chi connectivity index (χ4n) is 2.36. The normalized spacial score (nSPS) is 17.7. The average Bonchev–Trinajstić information content (AvgIpc) is 2.95. The molecule has 7 heteroatoms. The van der Waals surface area contributed by atoms with Crippen molar-refractivity contribution in [2.24, 2.45) is 0 Å². The average molecular weight is 328 g/mol. The molecule has 1 aromatic rings. The fraction of sp³-hybridized carbons (Fsp3) is 0.562. The number of hydrogen-bond acceptors (Lipinski definition) is 4. The Morgan fingerprint density at radius 1 is 1.39 bits per heavy atom. The van der Waals surface area contributed by atoms with E-state index in [1.165, 1.54) is 0 Å². The van der Waals surface area contributed by atoms with Gasteiger partial charge in [0, 0.05) is 24.9 Å². The largest absolute Gasteiger partial charge is 0.377 e. The van der Waals surface area contributed by atoms with Crippen LogP contribution in [0.1, 0.15) is 12.8 Å². The number of rotatable bonds is 8. The zero-order chi connectivity index (χ0) is 16.7. The number of nitrogens with zero attached hydrogens (tertiary/aromatic N) is 1. The molecule has 1 aromatic carbocycles. The van der Waals surface area contributed by atoms with Crippen molar-refractivity contribution in [1.82, 2.24) is 4.90 Å². The molecular formula is C16H22F2N2O3. The third-order valence-electron chi connectivity index (χ3n) is 3.50. The van der Waals surface area contributed by atoms with E-state index in [1.807, 2.05) is 0 Å². The third kappa shape index (κ3) is 6.60. The molecular weight excluding hydrogens is 306 g/mol. The maximum Gasteiger partial charge on any atom is 0.238 e. The van der Waals surface area contributed by atoms with E-state index in [4.69, 9.17) is 9.47 Å². The number of nitrogens with one attached hydrogen (secondary N) is 1. The van der Waals surface area contributed by atoms with E-state index in [1.54, 1.807) is 11.9 Å². The Bertz CT molecular complexity index is 502. The van der Waals surface area contributed by atoms with Crippen LogP contribution in [0.2, 0.25) is 0 Å². The monoisotopic (exact) mass is 328 g/mol. The van der Waals surface area contributed by atoms with E-state index < -0.39 is 11.6 Å². The first-order valence-corrected chi connectivity index (χ1v) is 7.67. The maximum absolute atomic E-state index is 13.0. The van der Waals surface area contributed by atoms with E-state index in [0.717, 1.165) is 37.6 Å². The molecule has 1 aliphatic heterocycles. The summed E-state index contributed by atoms with van der Waals surface area (Å²) in [6, 6.07) is 2.91. The van der Waals surface area contributed by atoms with Crippen LogP contribution >= 0.6 is 0 Å². The number of carbonyl (C=O) groups excluding carboxylic acids is 1. The number of amides is 1. The zero-order valence-electron chi connectivity index (χ0n) is 13.2. The molecule has 0 aliphatic carbocycles. The molecule has 1 heterocycles. The fourth-order valence-corrected chi connectivity index (χ4v) is 2.36. The standard InChI is InChI=1S/C16H22F2N2O3/c1-20(4-6-22-11-15-3-2-5-23-15)10-16(21)19-14-8-12(17)7-13(18)9-14/h7-9,15H,2-6,10-11H2,1H3,(H,19,21)/t15-/m0/s1. The molecule has 1 aliphatic rings. The van der Waals surface area contributed by atoms with Crippen molar-refractivity contribution in [2.75, 3.05) is 45.3 Å². The Morgan fingerprint density at radius 3 is 2.78 bits per heavy atom. The Labute approximate surface area is 134 Å². The summed E-state index contributed by atoms with van der Waals surface area (Å²) in [6.07, 6.45) is 2.29. The summed E-state index contributed by atoms with van der Waals surface area (Å²) >= 11 is 0. The van der Waals surface area contributed by atoms with Crippen LogP contribution in [0.25, 0.3) is 0 Å². The summed E-state index contributed by atoms with van der Waals surface area (Å²) in [6.45, 7) is 2.56. The van der Waals surface area contributed by atoms with Crippen molar-refractivity contribution in [1.29, 1.82) is 0 Å². The van der Waals surface area contributed by atoms with E-state index in [2.05, 4.69) is 5.32 Å². The van der Waals surface area contributed by atoms with E-state index in [9.17, 15) is 13.6 Å². The number of carbonyl (C=O) groups is 1. The Kier molecular flexibility index (Phi) is 6.88. The van der Waals surface area contributed by atoms with Gasteiger partial charge in [-0.3, -0.25) is 9.69 Å². The highest BCUT2D eigenvalue weighted by Gasteiger charge is 2.15. The maximum atomic E-state index is 13.0. The van der Waals surface area contributed by atoms with Crippen LogP contribution in [0.15, 0.2) is 18.2 Å². The summed E-state index contributed by atoms with van der Waals surface area (Å²) in [7, 11) is 1.78. The van der Waals surface area contributed by atoms with Crippen molar-refractivity contribution < 1.29 is 23.0 Å². The van der Waals surface area contributed by atoms with Gasteiger partial charge in [0.2, 0.25) is 5.91 Å². The van der Waals surface area contributed by atoms with Crippen LogP contribution in [0.4, 0.5) is 14.5 Å². The van der Waals surface area contributed by atoms with Crippen molar-refractivity contribution in [2.45, 2.75) is 18.9 Å². The van der Waals surface area contributed by atoms with Gasteiger partial charge in [-0.05, 0) is 32.0 Å². The molecule has 0 saturated carbocycles. The second kappa shape index (κ2) is 8.90. The summed E-state index contributed by atoms with van der Waals surface area (Å²) in [5, 5.41) is 2.47. The van der Waals surface area contributed by atoms with E-state index in [0.29, 0.717) is 19.8 Å². The second-order valence-corrected chi connectivity index (χ2v) is 5.65. The highest BCUT2D eigenvalue weighted by atomic mass is 19.1. The summed E-state index contributed by atoms with van der Waals surface area (Å²) in [5.74, 6) is -1.79. The molecule has 0 radical (unpaired) electrons. The van der Waals surface area contributed by atoms with Gasteiger partial charge in [-0.2, -0.15) is 0 Å². The molecule has 0 bridgehead atoms. The van der Waals surface area contributed by atoms with Crippen LogP contribution in [0, 0.1) is 11.6 Å². The van der Waals surface area contributed by atoms with Gasteiger partial charge in [-0.25, -0.2) is 8.78 Å². The minimum absolute atomic E-state index is 0.107. The third-order valence-corrected chi connectivity index (χ3v) is 3.50. The van der Waals surface area contributed by atoms with Gasteiger partial charge < -0.3 is 14.8 Å². The molecule has 0 unspecified atom stereocenters. The van der Waals surface area contributed by atoms with Crippen molar-refractivity contribution >= 4 is 11.6 Å². The lowest BCUT2D eigenvalue weighted by atomic mass is 10.2. The highest BCUT2D eigenvalue weighted by Crippen LogP contribution is 2.13. The molecule has 0 spiro atoms. The lowest BCUT2D eigenvalue weighted by Gasteiger charge is -2.17. The molecule has 1 N–H and O–H groups in total. The first-order chi connectivity index (χ1) is 11.0. The topological polar surface area (TPSA) is 50.8 Å². The van der Waals surface area contributed by atoms with Gasteiger partial charge in [0.15, 0.2) is 0 Å². The molecule has 2 rings (SSSR count). The lowest BCUT2D eigenvalue weighted by Crippen LogP contribution is -2.33. The Morgan fingerprint density at radius 2 is 2.13 bits per heavy atom. The van der Waals surface area contributed by atoms with Crippen LogP contribution in [-0.4, -0.2) is 56.9 Å². The number of hydrogen-bond donors (Lipinski definition) is 1. The predicted octanol–water partition coefficient (Wildman–Crippen LogP) is 2.03. The molecule has 1 atom stereocenters. The van der Waals surface area contributed by atoms with Crippen molar-refractivity contribution in [3.8, 4) is 0 Å². The van der Waals surface area contributed by atoms with Crippen molar-refractivity contribution in [3.63, 3.8) is 0 Å². The lowest BCUT2D eigenvalue weighted by molar-refractivity contribution is -0.117. The molecule has 1 fully saturated rings. The Hall–Kier alpha value is -1.57. The van der Waals surface area contributed by atoms with Crippen molar-refractivity contribution in [3.05, 3.63) is 29.8 Å². The number of benzene rings is 1. The van der Waals surface area contributed by atoms with Gasteiger partial charge in [-0.1, -0.05) is 0 Å². The van der Waals surface area contributed by atoms with Gasteiger partial charge in [0.05, 0.1) is 25.9 Å². The molecule has 1 amide bonds. The van der Waals surface area contributed by atoms with E-state index >= 15 is 0 Å². The SMILES string of the molecule is CN(CCOC[C@@H]1CCCO1)CC(=O)Nc1cc(F)cc(F)c1. The van der Waals surface area contributed by atoms with Gasteiger partial charge in [-0.15, -0.1) is 0 Å². The summed E-state index contributed by atoms with van der Waals surface area (Å²) in [5.41, 5.74) is 0.107. The minimum atomic E-state index is -0.726. The predicted molar refractivity (Wildman–Crippen MR) is 82.3 cm³/mol. The number of likely N-dealkylation sites (N-methyl/N-ethyl adjacent to an activating group) is 1. The minimum Gasteiger partial charge on any atom is -0.377 e. The van der Waals surface area contributed by atoms with E-state index in [-0.39, 0.29) is 24.2 Å². The summed E-state index contributed by atoms with van der Waals surface area (Å²) in [4.78, 5) is 13.6. The zero-order valence-corrected chi connectivity index (χ0v) is 13.2. The van der Waals surface area contributed by atoms with Crippen LogP contribution < -0.4 is 5.32 Å². The van der Waals surface area contributed by atoms with Gasteiger partial charge >= 0.3 is 0 Å². The summed E-state index contributed by atoms with van der Waals surface area (Å²) < 4.78 is 37.1. The molecule has 128 valence electrons. The number of halogens is 2. The smallest absolute Gasteiger partial charge is 0.238 e. The molecule has 23 heavy (non-hydrogen) atoms. The molecule has 5 nitrogen and oxygen atoms in total. The number of anilines is 1. The quantitative estimate of drug-likeness (QED) is 0.742.